The first-order valence-corrected chi connectivity index (χ1v) is 11.0. The maximum atomic E-state index is 11.5. The molecule has 0 aliphatic carbocycles. The average molecular weight is 465 g/mol. The number of rotatable bonds is 8. The summed E-state index contributed by atoms with van der Waals surface area (Å²) in [6.07, 6.45) is 0.399. The van der Waals surface area contributed by atoms with E-state index in [1.807, 2.05) is 89.6 Å². The molecular weight excluding hydrogens is 440 g/mol. The van der Waals surface area contributed by atoms with Crippen LogP contribution in [0, 0.1) is 0 Å². The van der Waals surface area contributed by atoms with E-state index in [1.165, 1.54) is 7.05 Å². The van der Waals surface area contributed by atoms with Crippen LogP contribution in [0.4, 0.5) is 4.79 Å². The maximum absolute atomic E-state index is 11.5. The lowest BCUT2D eigenvalue weighted by atomic mass is 10.0. The van der Waals surface area contributed by atoms with Crippen LogP contribution in [0.3, 0.4) is 0 Å². The Kier molecular flexibility index (Phi) is 7.17. The van der Waals surface area contributed by atoms with Gasteiger partial charge in [-0.15, -0.1) is 0 Å². The molecule has 0 aliphatic heterocycles. The van der Waals surface area contributed by atoms with E-state index in [4.69, 9.17) is 21.1 Å². The van der Waals surface area contributed by atoms with Crippen molar-refractivity contribution >= 4 is 28.6 Å². The van der Waals surface area contributed by atoms with Gasteiger partial charge in [-0.05, 0) is 47.5 Å². The zero-order valence-corrected chi connectivity index (χ0v) is 18.9. The summed E-state index contributed by atoms with van der Waals surface area (Å²) < 4.78 is 13.1. The molecule has 0 radical (unpaired) electrons. The second-order valence-corrected chi connectivity index (χ2v) is 8.07. The van der Waals surface area contributed by atoms with Crippen molar-refractivity contribution in [3.05, 3.63) is 101 Å². The van der Waals surface area contributed by atoms with Crippen LogP contribution in [0.1, 0.15) is 17.2 Å². The average Bonchev–Trinajstić information content (AvgIpc) is 3.26. The zero-order chi connectivity index (χ0) is 23.2. The number of nitrogens with one attached hydrogen (secondary N) is 1. The van der Waals surface area contributed by atoms with E-state index >= 15 is 0 Å². The van der Waals surface area contributed by atoms with Crippen LogP contribution in [0.2, 0.25) is 5.02 Å². The number of hydrogen-bond acceptors (Lipinski definition) is 4. The van der Waals surface area contributed by atoms with E-state index in [-0.39, 0.29) is 6.61 Å². The van der Waals surface area contributed by atoms with E-state index in [2.05, 4.69) is 5.32 Å². The predicted molar refractivity (Wildman–Crippen MR) is 129 cm³/mol. The molecule has 3 aromatic carbocycles. The molecule has 0 bridgehead atoms. The summed E-state index contributed by atoms with van der Waals surface area (Å²) in [4.78, 5) is 11.5. The number of ether oxygens (including phenoxy) is 2. The fraction of sp³-hybridized carbons (Fsp3) is 0.192. The molecule has 0 fully saturated rings. The van der Waals surface area contributed by atoms with Crippen molar-refractivity contribution in [3.63, 3.8) is 0 Å². The highest BCUT2D eigenvalue weighted by Crippen LogP contribution is 2.30. The number of halogens is 1. The van der Waals surface area contributed by atoms with E-state index in [1.54, 1.807) is 0 Å². The van der Waals surface area contributed by atoms with Crippen LogP contribution >= 0.6 is 11.6 Å². The Morgan fingerprint density at radius 2 is 1.82 bits per heavy atom. The fourth-order valence-electron chi connectivity index (χ4n) is 3.76. The number of benzene rings is 3. The molecule has 170 valence electrons. The van der Waals surface area contributed by atoms with Crippen molar-refractivity contribution in [2.24, 2.45) is 0 Å². The predicted octanol–water partition coefficient (Wildman–Crippen LogP) is 5.18. The summed E-state index contributed by atoms with van der Waals surface area (Å²) in [7, 11) is 1.48. The van der Waals surface area contributed by atoms with Gasteiger partial charge in [0.2, 0.25) is 0 Å². The maximum Gasteiger partial charge on any atom is 0.406 e. The van der Waals surface area contributed by atoms with Gasteiger partial charge in [-0.25, -0.2) is 4.79 Å². The SMILES string of the molecule is CNC(=O)OC[C@H](O)[C@H](c1ccccc1)n1ccc2cc(OCc3ccc(Cl)cc3)ccc21. The highest BCUT2D eigenvalue weighted by Gasteiger charge is 2.25. The number of carbonyl (C=O) groups is 1. The minimum atomic E-state index is -0.943. The minimum Gasteiger partial charge on any atom is -0.489 e. The van der Waals surface area contributed by atoms with Crippen LogP contribution in [0.25, 0.3) is 10.9 Å². The number of hydrogen-bond donors (Lipinski definition) is 2. The van der Waals surface area contributed by atoms with Crippen molar-refractivity contribution in [2.75, 3.05) is 13.7 Å². The lowest BCUT2D eigenvalue weighted by molar-refractivity contribution is 0.0477. The van der Waals surface area contributed by atoms with Gasteiger partial charge in [0.1, 0.15) is 25.1 Å². The lowest BCUT2D eigenvalue weighted by Gasteiger charge is -2.26. The van der Waals surface area contributed by atoms with Crippen LogP contribution < -0.4 is 10.1 Å². The Bertz CT molecular complexity index is 1210. The normalized spacial score (nSPS) is 12.8. The Hall–Kier alpha value is -3.48. The standard InChI is InChI=1S/C26H25ClN2O4/c1-28-26(31)33-17-24(30)25(19-5-3-2-4-6-19)29-14-13-20-15-22(11-12-23(20)29)32-16-18-7-9-21(27)10-8-18/h2-15,24-25,30H,16-17H2,1H3,(H,28,31)/t24-,25-/m0/s1. The van der Waals surface area contributed by atoms with Crippen molar-refractivity contribution in [3.8, 4) is 5.75 Å². The van der Waals surface area contributed by atoms with E-state index < -0.39 is 18.2 Å². The molecule has 1 heterocycles. The number of fused-ring (bicyclic) bond motifs is 1. The van der Waals surface area contributed by atoms with Gasteiger partial charge >= 0.3 is 6.09 Å². The Morgan fingerprint density at radius 3 is 2.55 bits per heavy atom. The molecule has 0 saturated heterocycles. The Balaban J connectivity index is 1.58. The molecule has 4 rings (SSSR count). The van der Waals surface area contributed by atoms with Crippen molar-refractivity contribution in [1.29, 1.82) is 0 Å². The largest absolute Gasteiger partial charge is 0.489 e. The molecule has 4 aromatic rings. The quantitative estimate of drug-likeness (QED) is 0.377. The second-order valence-electron chi connectivity index (χ2n) is 7.63. The number of nitrogens with zero attached hydrogens (tertiary/aromatic N) is 1. The van der Waals surface area contributed by atoms with E-state index in [0.29, 0.717) is 11.6 Å². The summed E-state index contributed by atoms with van der Waals surface area (Å²) >= 11 is 5.94. The van der Waals surface area contributed by atoms with Gasteiger partial charge < -0.3 is 24.5 Å². The number of carbonyl (C=O) groups excluding carboxylic acids is 1. The Labute approximate surface area is 197 Å². The molecular formula is C26H25ClN2O4. The molecule has 1 amide bonds. The summed E-state index contributed by atoms with van der Waals surface area (Å²) in [5.41, 5.74) is 2.87. The number of aliphatic hydroxyl groups excluding tert-OH is 1. The van der Waals surface area contributed by atoms with E-state index in [9.17, 15) is 9.90 Å². The molecule has 0 spiro atoms. The first kappa shape index (κ1) is 22.7. The van der Waals surface area contributed by atoms with Gasteiger partial charge in [0.25, 0.3) is 0 Å². The smallest absolute Gasteiger partial charge is 0.406 e. The third-order valence-corrected chi connectivity index (χ3v) is 5.66. The van der Waals surface area contributed by atoms with Crippen LogP contribution in [0.5, 0.6) is 5.75 Å². The number of amides is 1. The zero-order valence-electron chi connectivity index (χ0n) is 18.1. The highest BCUT2D eigenvalue weighted by molar-refractivity contribution is 6.30. The van der Waals surface area contributed by atoms with Crippen LogP contribution in [0.15, 0.2) is 85.1 Å². The number of alkyl carbamates (subject to hydrolysis) is 1. The Morgan fingerprint density at radius 1 is 1.06 bits per heavy atom. The molecule has 6 nitrogen and oxygen atoms in total. The molecule has 1 aromatic heterocycles. The minimum absolute atomic E-state index is 0.138. The molecule has 7 heteroatoms. The summed E-state index contributed by atoms with van der Waals surface area (Å²) in [6, 6.07) is 24.6. The third kappa shape index (κ3) is 5.48. The van der Waals surface area contributed by atoms with Gasteiger partial charge in [0, 0.05) is 29.2 Å². The summed E-state index contributed by atoms with van der Waals surface area (Å²) in [6.45, 7) is 0.298. The summed E-state index contributed by atoms with van der Waals surface area (Å²) in [5.74, 6) is 0.745. The molecule has 2 atom stereocenters. The van der Waals surface area contributed by atoms with Crippen molar-refractivity contribution in [2.45, 2.75) is 18.8 Å². The number of aromatic nitrogens is 1. The van der Waals surface area contributed by atoms with E-state index in [0.717, 1.165) is 27.8 Å². The fourth-order valence-corrected chi connectivity index (χ4v) is 3.89. The molecule has 2 N–H and O–H groups in total. The highest BCUT2D eigenvalue weighted by atomic mass is 35.5. The number of aliphatic hydroxyl groups is 1. The summed E-state index contributed by atoms with van der Waals surface area (Å²) in [5, 5.41) is 15.0. The molecule has 0 unspecified atom stereocenters. The first-order valence-electron chi connectivity index (χ1n) is 10.6. The lowest BCUT2D eigenvalue weighted by Crippen LogP contribution is -2.32. The van der Waals surface area contributed by atoms with Crippen LogP contribution in [-0.2, 0) is 11.3 Å². The third-order valence-electron chi connectivity index (χ3n) is 5.41. The monoisotopic (exact) mass is 464 g/mol. The van der Waals surface area contributed by atoms with Gasteiger partial charge in [0.05, 0.1) is 6.04 Å². The van der Waals surface area contributed by atoms with Gasteiger partial charge in [-0.1, -0.05) is 54.1 Å². The van der Waals surface area contributed by atoms with Crippen molar-refractivity contribution in [1.82, 2.24) is 9.88 Å². The van der Waals surface area contributed by atoms with Crippen molar-refractivity contribution < 1.29 is 19.4 Å². The second kappa shape index (κ2) is 10.4. The topological polar surface area (TPSA) is 72.7 Å². The first-order chi connectivity index (χ1) is 16.0. The van der Waals surface area contributed by atoms with Gasteiger partial charge in [-0.2, -0.15) is 0 Å². The molecule has 0 aliphatic rings. The molecule has 0 saturated carbocycles. The van der Waals surface area contributed by atoms with Gasteiger partial charge in [-0.3, -0.25) is 0 Å². The van der Waals surface area contributed by atoms with Gasteiger partial charge in [0.15, 0.2) is 0 Å². The van der Waals surface area contributed by atoms with Crippen LogP contribution in [-0.4, -0.2) is 35.5 Å². The molecule has 33 heavy (non-hydrogen) atoms.